The molecule has 4 aliphatic heterocycles. The van der Waals surface area contributed by atoms with Gasteiger partial charge in [-0.2, -0.15) is 0 Å². The van der Waals surface area contributed by atoms with Crippen LogP contribution in [0.25, 0.3) is 0 Å². The van der Waals surface area contributed by atoms with Gasteiger partial charge in [0.15, 0.2) is 4.87 Å². The van der Waals surface area contributed by atoms with Crippen LogP contribution in [0.1, 0.15) is 12.8 Å². The first-order valence-corrected chi connectivity index (χ1v) is 8.81. The van der Waals surface area contributed by atoms with Gasteiger partial charge in [0, 0.05) is 13.6 Å². The van der Waals surface area contributed by atoms with E-state index in [-0.39, 0.29) is 18.4 Å². The molecule has 0 aromatic carbocycles. The second kappa shape index (κ2) is 3.72. The van der Waals surface area contributed by atoms with Gasteiger partial charge in [-0.15, -0.1) is 0 Å². The van der Waals surface area contributed by atoms with Crippen LogP contribution in [0, 0.1) is 0 Å². The zero-order chi connectivity index (χ0) is 12.3. The van der Waals surface area contributed by atoms with Crippen molar-refractivity contribution in [2.45, 2.75) is 22.6 Å². The van der Waals surface area contributed by atoms with Gasteiger partial charge in [-0.05, 0) is 44.3 Å². The third-order valence-corrected chi connectivity index (χ3v) is 8.80. The van der Waals surface area contributed by atoms with E-state index in [1.807, 2.05) is 0 Å². The number of fused-ring (bicyclic) bond motifs is 3. The number of nitrogens with zero attached hydrogens (tertiary/aromatic N) is 2. The van der Waals surface area contributed by atoms with Gasteiger partial charge in [0.25, 0.3) is 11.8 Å². The molecule has 2 amide bonds. The molecule has 2 bridgehead atoms. The van der Waals surface area contributed by atoms with Gasteiger partial charge >= 0.3 is 0 Å². The number of rotatable bonds is 1. The first-order chi connectivity index (χ1) is 8.08. The first-order valence-electron chi connectivity index (χ1n) is 5.33. The molecular formula is C9H12N2O3S3. The van der Waals surface area contributed by atoms with Gasteiger partial charge in [0.2, 0.25) is 4.87 Å². The molecule has 4 rings (SSSR count). The van der Waals surface area contributed by atoms with Gasteiger partial charge in [0.05, 0.1) is 6.61 Å². The summed E-state index contributed by atoms with van der Waals surface area (Å²) in [5, 5.41) is 9.58. The highest BCUT2D eigenvalue weighted by Crippen LogP contribution is 2.62. The molecule has 4 saturated heterocycles. The third kappa shape index (κ3) is 1.24. The lowest BCUT2D eigenvalue weighted by atomic mass is 10.1. The molecule has 0 saturated carbocycles. The number of carbonyl (C=O) groups is 2. The van der Waals surface area contributed by atoms with Crippen molar-refractivity contribution in [3.8, 4) is 0 Å². The summed E-state index contributed by atoms with van der Waals surface area (Å²) in [4.78, 5) is 26.3. The summed E-state index contributed by atoms with van der Waals surface area (Å²) in [5.41, 5.74) is 0. The molecule has 5 nitrogen and oxygen atoms in total. The van der Waals surface area contributed by atoms with Gasteiger partial charge in [0.1, 0.15) is 0 Å². The Bertz CT molecular complexity index is 407. The second-order valence-electron chi connectivity index (χ2n) is 4.39. The number of hydrogen-bond acceptors (Lipinski definition) is 6. The van der Waals surface area contributed by atoms with E-state index in [1.54, 1.807) is 11.9 Å². The van der Waals surface area contributed by atoms with E-state index in [2.05, 4.69) is 0 Å². The van der Waals surface area contributed by atoms with E-state index < -0.39 is 9.74 Å². The zero-order valence-electron chi connectivity index (χ0n) is 9.21. The molecule has 0 unspecified atom stereocenters. The van der Waals surface area contributed by atoms with E-state index in [0.717, 1.165) is 6.42 Å². The van der Waals surface area contributed by atoms with Crippen molar-refractivity contribution in [2.24, 2.45) is 0 Å². The van der Waals surface area contributed by atoms with E-state index in [4.69, 9.17) is 0 Å². The fourth-order valence-electron chi connectivity index (χ4n) is 2.60. The maximum absolute atomic E-state index is 12.5. The average Bonchev–Trinajstić information content (AvgIpc) is 2.68. The Balaban J connectivity index is 2.17. The lowest BCUT2D eigenvalue weighted by Gasteiger charge is -2.48. The van der Waals surface area contributed by atoms with E-state index in [9.17, 15) is 14.7 Å². The maximum atomic E-state index is 12.5. The van der Waals surface area contributed by atoms with Crippen LogP contribution in [0.5, 0.6) is 0 Å². The molecule has 0 aliphatic carbocycles. The van der Waals surface area contributed by atoms with Gasteiger partial charge < -0.3 is 14.9 Å². The van der Waals surface area contributed by atoms with Crippen LogP contribution >= 0.6 is 31.4 Å². The van der Waals surface area contributed by atoms with Gasteiger partial charge in [-0.1, -0.05) is 0 Å². The van der Waals surface area contributed by atoms with Crippen molar-refractivity contribution in [1.82, 2.24) is 9.80 Å². The van der Waals surface area contributed by atoms with E-state index in [1.165, 1.54) is 36.3 Å². The highest BCUT2D eigenvalue weighted by Gasteiger charge is 2.66. The SMILES string of the molecule is CN1C(=O)[C@@]23CCCN2C(=O)[C@]1(CO)SSS3. The van der Waals surface area contributed by atoms with Crippen LogP contribution < -0.4 is 0 Å². The summed E-state index contributed by atoms with van der Waals surface area (Å²) in [6, 6.07) is 0. The topological polar surface area (TPSA) is 60.9 Å². The molecule has 4 heterocycles. The molecule has 1 N–H and O–H groups in total. The predicted octanol–water partition coefficient (Wildman–Crippen LogP) is 0.509. The van der Waals surface area contributed by atoms with Gasteiger partial charge in [-0.3, -0.25) is 9.59 Å². The molecule has 2 atom stereocenters. The Kier molecular flexibility index (Phi) is 2.63. The predicted molar refractivity (Wildman–Crippen MR) is 69.0 cm³/mol. The lowest BCUT2D eigenvalue weighted by molar-refractivity contribution is -0.163. The normalized spacial score (nSPS) is 40.8. The molecule has 4 fully saturated rings. The maximum Gasteiger partial charge on any atom is 0.263 e. The minimum Gasteiger partial charge on any atom is -0.392 e. The van der Waals surface area contributed by atoms with Crippen LogP contribution in [-0.2, 0) is 9.59 Å². The lowest BCUT2D eigenvalue weighted by Crippen LogP contribution is -2.71. The highest BCUT2D eigenvalue weighted by atomic mass is 33.5. The van der Waals surface area contributed by atoms with Crippen LogP contribution in [0.4, 0.5) is 0 Å². The minimum absolute atomic E-state index is 0.0499. The smallest absolute Gasteiger partial charge is 0.263 e. The number of piperazine rings is 1. The number of aliphatic hydroxyl groups excluding tert-OH is 1. The molecule has 8 heteroatoms. The summed E-state index contributed by atoms with van der Waals surface area (Å²) in [6.45, 7) is 0.285. The fraction of sp³-hybridized carbons (Fsp3) is 0.778. The number of hydrogen-bond donors (Lipinski definition) is 1. The van der Waals surface area contributed by atoms with Crippen molar-refractivity contribution in [3.05, 3.63) is 0 Å². The summed E-state index contributed by atoms with van der Waals surface area (Å²) in [7, 11) is 5.81. The second-order valence-corrected chi connectivity index (χ2v) is 8.84. The molecule has 1 spiro atoms. The average molecular weight is 292 g/mol. The Morgan fingerprint density at radius 3 is 2.82 bits per heavy atom. The van der Waals surface area contributed by atoms with E-state index in [0.29, 0.717) is 13.0 Å². The molecule has 0 aromatic rings. The molecule has 0 aromatic heterocycles. The van der Waals surface area contributed by atoms with Crippen molar-refractivity contribution in [1.29, 1.82) is 0 Å². The van der Waals surface area contributed by atoms with Crippen LogP contribution in [0.15, 0.2) is 0 Å². The number of aliphatic hydroxyl groups is 1. The van der Waals surface area contributed by atoms with E-state index >= 15 is 0 Å². The number of likely N-dealkylation sites (N-methyl/N-ethyl adjacent to an activating group) is 1. The standard InChI is InChI=1S/C9H12N2O3S3/c1-10-6(13)8-3-2-4-11(8)7(14)9(10,5-12)16-17-15-8/h12H,2-5H2,1H3/t8-,9-/m0/s1. The molecule has 94 valence electrons. The van der Waals surface area contributed by atoms with Crippen molar-refractivity contribution in [2.75, 3.05) is 20.2 Å². The Labute approximate surface area is 110 Å². The van der Waals surface area contributed by atoms with Crippen molar-refractivity contribution < 1.29 is 14.7 Å². The highest BCUT2D eigenvalue weighted by molar-refractivity contribution is 9.10. The molecular weight excluding hydrogens is 280 g/mol. The molecule has 0 radical (unpaired) electrons. The quantitative estimate of drug-likeness (QED) is 0.711. The first kappa shape index (κ1) is 12.0. The summed E-state index contributed by atoms with van der Waals surface area (Å²) < 4.78 is 0. The van der Waals surface area contributed by atoms with Crippen LogP contribution in [0.3, 0.4) is 0 Å². The van der Waals surface area contributed by atoms with Crippen molar-refractivity contribution in [3.63, 3.8) is 0 Å². The minimum atomic E-state index is -1.13. The fourth-order valence-corrected chi connectivity index (χ4v) is 8.54. The Morgan fingerprint density at radius 1 is 1.35 bits per heavy atom. The number of carbonyl (C=O) groups excluding carboxylic acids is 2. The van der Waals surface area contributed by atoms with Crippen molar-refractivity contribution >= 4 is 43.2 Å². The third-order valence-electron chi connectivity index (χ3n) is 3.65. The molecule has 17 heavy (non-hydrogen) atoms. The van der Waals surface area contributed by atoms with Crippen LogP contribution in [-0.4, -0.2) is 56.7 Å². The number of amides is 2. The largest absolute Gasteiger partial charge is 0.392 e. The Morgan fingerprint density at radius 2 is 2.12 bits per heavy atom. The zero-order valence-corrected chi connectivity index (χ0v) is 11.7. The summed E-state index contributed by atoms with van der Waals surface area (Å²) in [5.74, 6) is -0.173. The van der Waals surface area contributed by atoms with Crippen LogP contribution in [0.2, 0.25) is 0 Å². The summed E-state index contributed by atoms with van der Waals surface area (Å²) in [6.07, 6.45) is 1.56. The van der Waals surface area contributed by atoms with Gasteiger partial charge in [-0.25, -0.2) is 0 Å². The Hall–Kier alpha value is -0.0500. The molecule has 4 aliphatic rings. The monoisotopic (exact) mass is 292 g/mol. The summed E-state index contributed by atoms with van der Waals surface area (Å²) >= 11 is 0.